The maximum Gasteiger partial charge on any atom is 0.156 e. The number of ether oxygens (including phenoxy) is 2. The van der Waals surface area contributed by atoms with Gasteiger partial charge in [0.1, 0.15) is 0 Å². The number of methoxy groups -OCH3 is 2. The summed E-state index contributed by atoms with van der Waals surface area (Å²) >= 11 is 0. The minimum absolute atomic E-state index is 0.184. The predicted molar refractivity (Wildman–Crippen MR) is 61.2 cm³/mol. The Kier molecular flexibility index (Phi) is 3.85. The first-order chi connectivity index (χ1) is 7.65. The second kappa shape index (κ2) is 5.00. The largest absolute Gasteiger partial charge is 0.390 e. The van der Waals surface area contributed by atoms with Crippen molar-refractivity contribution in [1.29, 1.82) is 0 Å². The fourth-order valence-corrected chi connectivity index (χ4v) is 3.15. The van der Waals surface area contributed by atoms with Gasteiger partial charge in [-0.1, -0.05) is 0 Å². The maximum atomic E-state index is 10.5. The quantitative estimate of drug-likeness (QED) is 0.691. The molecule has 2 fully saturated rings. The van der Waals surface area contributed by atoms with Gasteiger partial charge in [0.15, 0.2) is 6.29 Å². The van der Waals surface area contributed by atoms with Gasteiger partial charge in [0.25, 0.3) is 0 Å². The third-order valence-electron chi connectivity index (χ3n) is 3.96. The van der Waals surface area contributed by atoms with Crippen LogP contribution in [0, 0.1) is 0 Å². The van der Waals surface area contributed by atoms with E-state index in [1.807, 2.05) is 0 Å². The molecule has 2 atom stereocenters. The standard InChI is InChI=1S/C12H23NO3/c1-15-11(16-2)5-6-12(14)7-9-3-4-10(8-12)13-9/h9-11,13-14H,3-8H2,1-2H3. The third-order valence-corrected chi connectivity index (χ3v) is 3.96. The topological polar surface area (TPSA) is 50.7 Å². The van der Waals surface area contributed by atoms with E-state index in [4.69, 9.17) is 9.47 Å². The van der Waals surface area contributed by atoms with Gasteiger partial charge in [-0.25, -0.2) is 0 Å². The smallest absolute Gasteiger partial charge is 0.156 e. The van der Waals surface area contributed by atoms with E-state index in [0.29, 0.717) is 12.1 Å². The molecule has 0 aromatic heterocycles. The lowest BCUT2D eigenvalue weighted by Gasteiger charge is -2.37. The molecule has 0 aliphatic carbocycles. The zero-order valence-corrected chi connectivity index (χ0v) is 10.2. The monoisotopic (exact) mass is 229 g/mol. The van der Waals surface area contributed by atoms with Crippen molar-refractivity contribution in [2.45, 2.75) is 62.5 Å². The van der Waals surface area contributed by atoms with Crippen LogP contribution in [0.2, 0.25) is 0 Å². The fraction of sp³-hybridized carbons (Fsp3) is 1.00. The first-order valence-electron chi connectivity index (χ1n) is 6.19. The Morgan fingerprint density at radius 3 is 2.31 bits per heavy atom. The summed E-state index contributed by atoms with van der Waals surface area (Å²) in [6.07, 6.45) is 5.54. The lowest BCUT2D eigenvalue weighted by atomic mass is 9.84. The van der Waals surface area contributed by atoms with Crippen molar-refractivity contribution < 1.29 is 14.6 Å². The maximum absolute atomic E-state index is 10.5. The molecule has 2 aliphatic heterocycles. The molecular formula is C12H23NO3. The van der Waals surface area contributed by atoms with E-state index in [-0.39, 0.29) is 6.29 Å². The molecule has 0 saturated carbocycles. The van der Waals surface area contributed by atoms with Crippen LogP contribution in [0.1, 0.15) is 38.5 Å². The number of hydrogen-bond donors (Lipinski definition) is 2. The first kappa shape index (κ1) is 12.3. The van der Waals surface area contributed by atoms with Crippen molar-refractivity contribution in [3.8, 4) is 0 Å². The molecule has 0 aromatic carbocycles. The summed E-state index contributed by atoms with van der Waals surface area (Å²) in [6, 6.07) is 1.04. The van der Waals surface area contributed by atoms with E-state index in [1.165, 1.54) is 12.8 Å². The minimum Gasteiger partial charge on any atom is -0.390 e. The van der Waals surface area contributed by atoms with Gasteiger partial charge in [0.2, 0.25) is 0 Å². The Morgan fingerprint density at radius 2 is 1.81 bits per heavy atom. The Morgan fingerprint density at radius 1 is 1.25 bits per heavy atom. The molecule has 2 unspecified atom stereocenters. The van der Waals surface area contributed by atoms with Crippen LogP contribution in [-0.4, -0.2) is 43.3 Å². The van der Waals surface area contributed by atoms with Crippen LogP contribution in [0.3, 0.4) is 0 Å². The average molecular weight is 229 g/mol. The number of aliphatic hydroxyl groups is 1. The highest BCUT2D eigenvalue weighted by Gasteiger charge is 2.42. The summed E-state index contributed by atoms with van der Waals surface area (Å²) in [5.74, 6) is 0. The average Bonchev–Trinajstić information content (AvgIpc) is 2.60. The van der Waals surface area contributed by atoms with Crippen LogP contribution < -0.4 is 5.32 Å². The van der Waals surface area contributed by atoms with Gasteiger partial charge in [0.05, 0.1) is 5.60 Å². The molecule has 2 heterocycles. The molecule has 94 valence electrons. The third kappa shape index (κ3) is 2.74. The van der Waals surface area contributed by atoms with E-state index in [2.05, 4.69) is 5.32 Å². The molecule has 4 heteroatoms. The summed E-state index contributed by atoms with van der Waals surface area (Å²) in [6.45, 7) is 0. The zero-order chi connectivity index (χ0) is 11.6. The van der Waals surface area contributed by atoms with Crippen LogP contribution in [0.25, 0.3) is 0 Å². The van der Waals surface area contributed by atoms with Gasteiger partial charge in [-0.2, -0.15) is 0 Å². The van der Waals surface area contributed by atoms with Gasteiger partial charge >= 0.3 is 0 Å². The summed E-state index contributed by atoms with van der Waals surface area (Å²) < 4.78 is 10.3. The van der Waals surface area contributed by atoms with Crippen molar-refractivity contribution in [1.82, 2.24) is 5.32 Å². The first-order valence-corrected chi connectivity index (χ1v) is 6.19. The fourth-order valence-electron chi connectivity index (χ4n) is 3.15. The van der Waals surface area contributed by atoms with E-state index >= 15 is 0 Å². The molecule has 0 radical (unpaired) electrons. The summed E-state index contributed by atoms with van der Waals surface area (Å²) in [5, 5.41) is 14.1. The van der Waals surface area contributed by atoms with Crippen molar-refractivity contribution in [2.24, 2.45) is 0 Å². The van der Waals surface area contributed by atoms with E-state index in [0.717, 1.165) is 25.7 Å². The highest BCUT2D eigenvalue weighted by molar-refractivity contribution is 4.99. The van der Waals surface area contributed by atoms with Crippen LogP contribution in [-0.2, 0) is 9.47 Å². The number of piperidine rings is 1. The Bertz CT molecular complexity index is 218. The lowest BCUT2D eigenvalue weighted by molar-refractivity contribution is -0.121. The van der Waals surface area contributed by atoms with Gasteiger partial charge in [0, 0.05) is 32.7 Å². The van der Waals surface area contributed by atoms with E-state index in [9.17, 15) is 5.11 Å². The molecule has 2 aliphatic rings. The Hall–Kier alpha value is -0.160. The number of fused-ring (bicyclic) bond motifs is 2. The highest BCUT2D eigenvalue weighted by Crippen LogP contribution is 2.36. The van der Waals surface area contributed by atoms with Crippen LogP contribution in [0.4, 0.5) is 0 Å². The van der Waals surface area contributed by atoms with Crippen LogP contribution in [0.5, 0.6) is 0 Å². The zero-order valence-electron chi connectivity index (χ0n) is 10.2. The van der Waals surface area contributed by atoms with Gasteiger partial charge in [-0.05, 0) is 32.1 Å². The molecule has 0 aromatic rings. The number of hydrogen-bond acceptors (Lipinski definition) is 4. The summed E-state index contributed by atoms with van der Waals surface area (Å²) in [4.78, 5) is 0. The van der Waals surface area contributed by atoms with E-state index in [1.54, 1.807) is 14.2 Å². The molecule has 2 bridgehead atoms. The predicted octanol–water partition coefficient (Wildman–Crippen LogP) is 1.03. The van der Waals surface area contributed by atoms with Crippen molar-refractivity contribution in [2.75, 3.05) is 14.2 Å². The normalized spacial score (nSPS) is 38.2. The highest BCUT2D eigenvalue weighted by atomic mass is 16.7. The number of nitrogens with one attached hydrogen (secondary N) is 1. The van der Waals surface area contributed by atoms with E-state index < -0.39 is 5.60 Å². The van der Waals surface area contributed by atoms with Crippen LogP contribution >= 0.6 is 0 Å². The molecular weight excluding hydrogens is 206 g/mol. The molecule has 0 amide bonds. The van der Waals surface area contributed by atoms with Crippen molar-refractivity contribution in [3.05, 3.63) is 0 Å². The van der Waals surface area contributed by atoms with Gasteiger partial charge in [-0.15, -0.1) is 0 Å². The SMILES string of the molecule is COC(CCC1(O)CC2CCC(C1)N2)OC. The molecule has 16 heavy (non-hydrogen) atoms. The second-order valence-corrected chi connectivity index (χ2v) is 5.21. The molecule has 2 rings (SSSR count). The summed E-state index contributed by atoms with van der Waals surface area (Å²) in [5.41, 5.74) is -0.508. The number of rotatable bonds is 5. The molecule has 0 spiro atoms. The minimum atomic E-state index is -0.508. The Labute approximate surface area is 97.3 Å². The second-order valence-electron chi connectivity index (χ2n) is 5.21. The molecule has 4 nitrogen and oxygen atoms in total. The van der Waals surface area contributed by atoms with Crippen LogP contribution in [0.15, 0.2) is 0 Å². The Balaban J connectivity index is 1.83. The van der Waals surface area contributed by atoms with Crippen molar-refractivity contribution in [3.63, 3.8) is 0 Å². The molecule has 2 saturated heterocycles. The van der Waals surface area contributed by atoms with Gasteiger partial charge in [-0.3, -0.25) is 0 Å². The molecule has 2 N–H and O–H groups in total. The lowest BCUT2D eigenvalue weighted by Crippen LogP contribution is -2.48. The van der Waals surface area contributed by atoms with Crippen molar-refractivity contribution >= 4 is 0 Å². The summed E-state index contributed by atoms with van der Waals surface area (Å²) in [7, 11) is 3.29. The van der Waals surface area contributed by atoms with Gasteiger partial charge < -0.3 is 19.9 Å².